The van der Waals surface area contributed by atoms with Crippen molar-refractivity contribution in [1.29, 1.82) is 0 Å². The number of nitrogens with one attached hydrogen (secondary N) is 1. The van der Waals surface area contributed by atoms with E-state index < -0.39 is 0 Å². The highest BCUT2D eigenvalue weighted by Crippen LogP contribution is 2.14. The zero-order valence-electron chi connectivity index (χ0n) is 8.77. The van der Waals surface area contributed by atoms with Crippen LogP contribution >= 0.6 is 0 Å². The first-order chi connectivity index (χ1) is 7.25. The van der Waals surface area contributed by atoms with Crippen LogP contribution in [0.1, 0.15) is 0 Å². The fourth-order valence-corrected chi connectivity index (χ4v) is 1.51. The standard InChI is InChI=1S/C9H16N4O2/c1-13-5-8(10)9(12-13)11-4-7-6-14-2-3-15-7/h5,7H,2-4,6,10H2,1H3,(H,11,12). The summed E-state index contributed by atoms with van der Waals surface area (Å²) in [4.78, 5) is 0. The van der Waals surface area contributed by atoms with Gasteiger partial charge in [-0.25, -0.2) is 0 Å². The second-order valence-electron chi connectivity index (χ2n) is 3.56. The lowest BCUT2D eigenvalue weighted by atomic mass is 10.3. The third-order valence-corrected chi connectivity index (χ3v) is 2.24. The van der Waals surface area contributed by atoms with E-state index in [0.717, 1.165) is 0 Å². The van der Waals surface area contributed by atoms with E-state index in [1.54, 1.807) is 10.9 Å². The summed E-state index contributed by atoms with van der Waals surface area (Å²) in [5.41, 5.74) is 6.39. The molecule has 1 atom stereocenters. The van der Waals surface area contributed by atoms with Gasteiger partial charge in [-0.2, -0.15) is 5.10 Å². The second-order valence-corrected chi connectivity index (χ2v) is 3.56. The maximum absolute atomic E-state index is 5.74. The second kappa shape index (κ2) is 4.50. The van der Waals surface area contributed by atoms with Gasteiger partial charge >= 0.3 is 0 Å². The Morgan fingerprint density at radius 1 is 1.67 bits per heavy atom. The maximum Gasteiger partial charge on any atom is 0.171 e. The topological polar surface area (TPSA) is 74.3 Å². The summed E-state index contributed by atoms with van der Waals surface area (Å²) in [5.74, 6) is 0.701. The average Bonchev–Trinajstić information content (AvgIpc) is 2.56. The fraction of sp³-hybridized carbons (Fsp3) is 0.667. The molecule has 1 unspecified atom stereocenters. The molecule has 0 bridgehead atoms. The van der Waals surface area contributed by atoms with Gasteiger partial charge in [-0.3, -0.25) is 4.68 Å². The molecule has 15 heavy (non-hydrogen) atoms. The molecule has 6 heteroatoms. The predicted octanol–water partition coefficient (Wildman–Crippen LogP) is -0.170. The minimum absolute atomic E-state index is 0.0835. The number of aryl methyl sites for hydroxylation is 1. The van der Waals surface area contributed by atoms with Crippen molar-refractivity contribution in [2.75, 3.05) is 37.4 Å². The number of aromatic nitrogens is 2. The van der Waals surface area contributed by atoms with Gasteiger partial charge < -0.3 is 20.5 Å². The van der Waals surface area contributed by atoms with Gasteiger partial charge in [0.2, 0.25) is 0 Å². The van der Waals surface area contributed by atoms with Crippen LogP contribution in [-0.4, -0.2) is 42.2 Å². The summed E-state index contributed by atoms with van der Waals surface area (Å²) >= 11 is 0. The summed E-state index contributed by atoms with van der Waals surface area (Å²) in [5, 5.41) is 7.32. The van der Waals surface area contributed by atoms with Crippen molar-refractivity contribution in [3.05, 3.63) is 6.20 Å². The van der Waals surface area contributed by atoms with E-state index in [1.807, 2.05) is 7.05 Å². The number of ether oxygens (including phenoxy) is 2. The summed E-state index contributed by atoms with van der Waals surface area (Å²) in [6.07, 6.45) is 1.85. The van der Waals surface area contributed by atoms with Crippen molar-refractivity contribution in [1.82, 2.24) is 9.78 Å². The minimum atomic E-state index is 0.0835. The van der Waals surface area contributed by atoms with Gasteiger partial charge in [0.25, 0.3) is 0 Å². The summed E-state index contributed by atoms with van der Waals surface area (Å²) < 4.78 is 12.4. The molecule has 1 aliphatic heterocycles. The number of nitrogen functional groups attached to an aromatic ring is 1. The molecule has 1 fully saturated rings. The third-order valence-electron chi connectivity index (χ3n) is 2.24. The maximum atomic E-state index is 5.74. The van der Waals surface area contributed by atoms with Gasteiger partial charge in [-0.15, -0.1) is 0 Å². The van der Waals surface area contributed by atoms with Crippen LogP contribution in [0, 0.1) is 0 Å². The Kier molecular flexibility index (Phi) is 3.08. The number of rotatable bonds is 3. The molecule has 1 aromatic heterocycles. The number of hydrogen-bond donors (Lipinski definition) is 2. The van der Waals surface area contributed by atoms with Gasteiger partial charge in [0.15, 0.2) is 5.82 Å². The first-order valence-corrected chi connectivity index (χ1v) is 4.98. The molecule has 0 amide bonds. The summed E-state index contributed by atoms with van der Waals surface area (Å²) in [6.45, 7) is 2.63. The van der Waals surface area contributed by atoms with Crippen LogP contribution in [-0.2, 0) is 16.5 Å². The quantitative estimate of drug-likeness (QED) is 0.727. The van der Waals surface area contributed by atoms with Crippen LogP contribution in [0.15, 0.2) is 6.20 Å². The molecule has 1 saturated heterocycles. The molecule has 1 aromatic rings. The number of anilines is 2. The molecule has 0 radical (unpaired) electrons. The first kappa shape index (κ1) is 10.3. The smallest absolute Gasteiger partial charge is 0.171 e. The normalized spacial score (nSPS) is 21.5. The molecule has 0 saturated carbocycles. The monoisotopic (exact) mass is 212 g/mol. The van der Waals surface area contributed by atoms with Crippen molar-refractivity contribution in [3.63, 3.8) is 0 Å². The lowest BCUT2D eigenvalue weighted by Crippen LogP contribution is -2.34. The molecule has 0 aliphatic carbocycles. The van der Waals surface area contributed by atoms with E-state index >= 15 is 0 Å². The lowest BCUT2D eigenvalue weighted by Gasteiger charge is -2.23. The zero-order chi connectivity index (χ0) is 10.7. The van der Waals surface area contributed by atoms with Crippen molar-refractivity contribution >= 4 is 11.5 Å². The average molecular weight is 212 g/mol. The Morgan fingerprint density at radius 2 is 2.53 bits per heavy atom. The molecule has 2 rings (SSSR count). The predicted molar refractivity (Wildman–Crippen MR) is 56.7 cm³/mol. The Bertz CT molecular complexity index is 320. The van der Waals surface area contributed by atoms with E-state index in [-0.39, 0.29) is 6.10 Å². The van der Waals surface area contributed by atoms with Gasteiger partial charge in [-0.05, 0) is 0 Å². The highest BCUT2D eigenvalue weighted by molar-refractivity contribution is 5.59. The highest BCUT2D eigenvalue weighted by atomic mass is 16.6. The van der Waals surface area contributed by atoms with Gasteiger partial charge in [0.1, 0.15) is 0 Å². The van der Waals surface area contributed by atoms with E-state index in [0.29, 0.717) is 37.9 Å². The number of nitrogens with zero attached hydrogens (tertiary/aromatic N) is 2. The van der Waals surface area contributed by atoms with Crippen molar-refractivity contribution in [2.45, 2.75) is 6.10 Å². The minimum Gasteiger partial charge on any atom is -0.394 e. The van der Waals surface area contributed by atoms with Crippen molar-refractivity contribution in [2.24, 2.45) is 7.05 Å². The Labute approximate surface area is 88.3 Å². The van der Waals surface area contributed by atoms with E-state index in [9.17, 15) is 0 Å². The third kappa shape index (κ3) is 2.60. The lowest BCUT2D eigenvalue weighted by molar-refractivity contribution is -0.0819. The van der Waals surface area contributed by atoms with Gasteiger partial charge in [0.05, 0.1) is 31.6 Å². The molecule has 84 valence electrons. The van der Waals surface area contributed by atoms with Crippen LogP contribution in [0.3, 0.4) is 0 Å². The highest BCUT2D eigenvalue weighted by Gasteiger charge is 2.14. The number of nitrogens with two attached hydrogens (primary N) is 1. The molecule has 6 nitrogen and oxygen atoms in total. The molecule has 1 aliphatic rings. The van der Waals surface area contributed by atoms with Crippen LogP contribution in [0.25, 0.3) is 0 Å². The number of hydrogen-bond acceptors (Lipinski definition) is 5. The van der Waals surface area contributed by atoms with E-state index in [1.165, 1.54) is 0 Å². The van der Waals surface area contributed by atoms with Crippen LogP contribution in [0.2, 0.25) is 0 Å². The van der Waals surface area contributed by atoms with E-state index in [2.05, 4.69) is 10.4 Å². The summed E-state index contributed by atoms with van der Waals surface area (Å²) in [6, 6.07) is 0. The molecule has 0 spiro atoms. The zero-order valence-corrected chi connectivity index (χ0v) is 8.77. The fourth-order valence-electron chi connectivity index (χ4n) is 1.51. The first-order valence-electron chi connectivity index (χ1n) is 4.98. The van der Waals surface area contributed by atoms with E-state index in [4.69, 9.17) is 15.2 Å². The van der Waals surface area contributed by atoms with Crippen molar-refractivity contribution in [3.8, 4) is 0 Å². The van der Waals surface area contributed by atoms with Crippen LogP contribution < -0.4 is 11.1 Å². The molecule has 3 N–H and O–H groups in total. The van der Waals surface area contributed by atoms with Crippen LogP contribution in [0.4, 0.5) is 11.5 Å². The Balaban J connectivity index is 1.84. The SMILES string of the molecule is Cn1cc(N)c(NCC2COCCO2)n1. The van der Waals surface area contributed by atoms with Crippen molar-refractivity contribution < 1.29 is 9.47 Å². The van der Waals surface area contributed by atoms with Gasteiger partial charge in [0, 0.05) is 19.8 Å². The van der Waals surface area contributed by atoms with Crippen LogP contribution in [0.5, 0.6) is 0 Å². The molecular formula is C9H16N4O2. The molecule has 0 aromatic carbocycles. The largest absolute Gasteiger partial charge is 0.394 e. The Hall–Kier alpha value is -1.27. The molecule has 2 heterocycles. The summed E-state index contributed by atoms with van der Waals surface area (Å²) in [7, 11) is 1.84. The van der Waals surface area contributed by atoms with Gasteiger partial charge in [-0.1, -0.05) is 0 Å². The molecular weight excluding hydrogens is 196 g/mol. The Morgan fingerprint density at radius 3 is 3.13 bits per heavy atom.